The summed E-state index contributed by atoms with van der Waals surface area (Å²) in [7, 11) is 0. The zero-order valence-electron chi connectivity index (χ0n) is 7.86. The smallest absolute Gasteiger partial charge is 0.142 e. The van der Waals surface area contributed by atoms with Crippen LogP contribution in [0.15, 0.2) is 18.2 Å². The summed E-state index contributed by atoms with van der Waals surface area (Å²) < 4.78 is 13.0. The molecule has 1 aromatic carbocycles. The lowest BCUT2D eigenvalue weighted by Gasteiger charge is -2.06. The Balaban J connectivity index is 2.47. The van der Waals surface area contributed by atoms with E-state index in [1.165, 1.54) is 6.07 Å². The monoisotopic (exact) mass is 235 g/mol. The zero-order chi connectivity index (χ0) is 10.6. The van der Waals surface area contributed by atoms with Crippen LogP contribution in [-0.4, -0.2) is 11.9 Å². The molecule has 1 atom stereocenters. The number of rotatable bonds is 4. The normalized spacial score (nSPS) is 12.9. The molecule has 78 valence electrons. The molecule has 1 nitrogen and oxygen atoms in total. The summed E-state index contributed by atoms with van der Waals surface area (Å²) in [4.78, 5) is 0. The number of alkyl halides is 1. The topological polar surface area (TPSA) is 12.0 Å². The van der Waals surface area contributed by atoms with Crippen LogP contribution in [-0.2, 0) is 6.54 Å². The lowest BCUT2D eigenvalue weighted by atomic mass is 10.2. The molecule has 0 spiro atoms. The molecule has 1 unspecified atom stereocenters. The zero-order valence-corrected chi connectivity index (χ0v) is 9.37. The maximum absolute atomic E-state index is 13.0. The summed E-state index contributed by atoms with van der Waals surface area (Å²) in [6, 6.07) is 4.77. The maximum atomic E-state index is 13.0. The largest absolute Gasteiger partial charge is 0.311 e. The number of nitrogens with one attached hydrogen (secondary N) is 1. The van der Waals surface area contributed by atoms with Crippen LogP contribution in [0.25, 0.3) is 0 Å². The van der Waals surface area contributed by atoms with Crippen LogP contribution < -0.4 is 5.32 Å². The van der Waals surface area contributed by atoms with Crippen LogP contribution in [0.4, 0.5) is 4.39 Å². The highest BCUT2D eigenvalue weighted by Crippen LogP contribution is 2.15. The minimum Gasteiger partial charge on any atom is -0.311 e. The number of hydrogen-bond donors (Lipinski definition) is 1. The van der Waals surface area contributed by atoms with E-state index in [2.05, 4.69) is 5.32 Å². The molecule has 0 aliphatic heterocycles. The van der Waals surface area contributed by atoms with Gasteiger partial charge in [0.15, 0.2) is 0 Å². The van der Waals surface area contributed by atoms with E-state index in [-0.39, 0.29) is 16.2 Å². The van der Waals surface area contributed by atoms with Crippen LogP contribution >= 0.6 is 23.2 Å². The first-order chi connectivity index (χ1) is 6.59. The molecule has 0 heterocycles. The van der Waals surface area contributed by atoms with Gasteiger partial charge in [-0.15, -0.1) is 11.6 Å². The van der Waals surface area contributed by atoms with Crippen LogP contribution in [0.3, 0.4) is 0 Å². The standard InChI is InChI=1S/C10H12Cl2FN/c1-7(11)5-14-6-8-2-3-9(12)10(13)4-8/h2-4,7,14H,5-6H2,1H3. The second-order valence-corrected chi connectivity index (χ2v) is 4.31. The van der Waals surface area contributed by atoms with Crippen molar-refractivity contribution in [3.05, 3.63) is 34.6 Å². The van der Waals surface area contributed by atoms with Gasteiger partial charge in [-0.3, -0.25) is 0 Å². The molecule has 0 saturated heterocycles. The summed E-state index contributed by atoms with van der Waals surface area (Å²) in [5.74, 6) is -0.384. The molecule has 14 heavy (non-hydrogen) atoms. The fraction of sp³-hybridized carbons (Fsp3) is 0.400. The van der Waals surface area contributed by atoms with Crippen LogP contribution in [0.2, 0.25) is 5.02 Å². The van der Waals surface area contributed by atoms with E-state index in [9.17, 15) is 4.39 Å². The fourth-order valence-corrected chi connectivity index (χ4v) is 1.29. The molecule has 4 heteroatoms. The van der Waals surface area contributed by atoms with Crippen LogP contribution in [0, 0.1) is 5.82 Å². The molecular weight excluding hydrogens is 224 g/mol. The van der Waals surface area contributed by atoms with Crippen LogP contribution in [0.1, 0.15) is 12.5 Å². The summed E-state index contributed by atoms with van der Waals surface area (Å²) >= 11 is 11.3. The third-order valence-corrected chi connectivity index (χ3v) is 2.20. The highest BCUT2D eigenvalue weighted by Gasteiger charge is 2.01. The predicted octanol–water partition coefficient (Wildman–Crippen LogP) is 3.20. The molecule has 0 fully saturated rings. The Hall–Kier alpha value is -0.310. The first-order valence-corrected chi connectivity index (χ1v) is 5.19. The van der Waals surface area contributed by atoms with Crippen LogP contribution in [0.5, 0.6) is 0 Å². The van der Waals surface area contributed by atoms with Gasteiger partial charge < -0.3 is 5.32 Å². The number of hydrogen-bond acceptors (Lipinski definition) is 1. The second-order valence-electron chi connectivity index (χ2n) is 3.16. The van der Waals surface area contributed by atoms with Crippen molar-refractivity contribution in [3.63, 3.8) is 0 Å². The minimum atomic E-state index is -0.384. The Kier molecular flexibility index (Phi) is 4.66. The van der Waals surface area contributed by atoms with Gasteiger partial charge in [0.2, 0.25) is 0 Å². The summed E-state index contributed by atoms with van der Waals surface area (Å²) in [5.41, 5.74) is 0.865. The minimum absolute atomic E-state index is 0.0761. The lowest BCUT2D eigenvalue weighted by Crippen LogP contribution is -2.20. The highest BCUT2D eigenvalue weighted by atomic mass is 35.5. The van der Waals surface area contributed by atoms with Gasteiger partial charge in [0.25, 0.3) is 0 Å². The molecule has 0 aromatic heterocycles. The van der Waals surface area contributed by atoms with E-state index in [4.69, 9.17) is 23.2 Å². The Morgan fingerprint density at radius 2 is 2.21 bits per heavy atom. The van der Waals surface area contributed by atoms with E-state index in [0.29, 0.717) is 13.1 Å². The molecule has 0 saturated carbocycles. The quantitative estimate of drug-likeness (QED) is 0.791. The highest BCUT2D eigenvalue weighted by molar-refractivity contribution is 6.30. The Bertz CT molecular complexity index is 302. The molecule has 0 aliphatic rings. The fourth-order valence-electron chi connectivity index (χ4n) is 1.06. The molecule has 0 bridgehead atoms. The average Bonchev–Trinajstić information content (AvgIpc) is 2.10. The van der Waals surface area contributed by atoms with Crippen molar-refractivity contribution in [1.82, 2.24) is 5.32 Å². The molecule has 0 amide bonds. The van der Waals surface area contributed by atoms with Gasteiger partial charge in [0, 0.05) is 18.5 Å². The third kappa shape index (κ3) is 3.82. The SMILES string of the molecule is CC(Cl)CNCc1ccc(Cl)c(F)c1. The van der Waals surface area contributed by atoms with E-state index in [1.54, 1.807) is 12.1 Å². The van der Waals surface area contributed by atoms with Gasteiger partial charge >= 0.3 is 0 Å². The predicted molar refractivity (Wildman–Crippen MR) is 58.4 cm³/mol. The van der Waals surface area contributed by atoms with E-state index in [1.807, 2.05) is 6.92 Å². The average molecular weight is 236 g/mol. The van der Waals surface area contributed by atoms with Gasteiger partial charge in [-0.1, -0.05) is 17.7 Å². The van der Waals surface area contributed by atoms with E-state index in [0.717, 1.165) is 5.56 Å². The maximum Gasteiger partial charge on any atom is 0.142 e. The van der Waals surface area contributed by atoms with Gasteiger partial charge in [-0.05, 0) is 24.6 Å². The van der Waals surface area contributed by atoms with Gasteiger partial charge in [0.1, 0.15) is 5.82 Å². The molecule has 0 radical (unpaired) electrons. The number of benzene rings is 1. The summed E-state index contributed by atoms with van der Waals surface area (Å²) in [6.07, 6.45) is 0. The number of halogens is 3. The van der Waals surface area contributed by atoms with Crippen molar-refractivity contribution < 1.29 is 4.39 Å². The molecule has 1 aromatic rings. The summed E-state index contributed by atoms with van der Waals surface area (Å²) in [6.45, 7) is 3.20. The van der Waals surface area contributed by atoms with Crippen molar-refractivity contribution in [3.8, 4) is 0 Å². The van der Waals surface area contributed by atoms with Gasteiger partial charge in [0.05, 0.1) is 5.02 Å². The van der Waals surface area contributed by atoms with Crippen molar-refractivity contribution in [1.29, 1.82) is 0 Å². The molecular formula is C10H12Cl2FN. The lowest BCUT2D eigenvalue weighted by molar-refractivity contribution is 0.620. The molecule has 1 N–H and O–H groups in total. The second kappa shape index (κ2) is 5.54. The van der Waals surface area contributed by atoms with Crippen molar-refractivity contribution in [2.75, 3.05) is 6.54 Å². The Morgan fingerprint density at radius 3 is 2.79 bits per heavy atom. The van der Waals surface area contributed by atoms with E-state index >= 15 is 0 Å². The van der Waals surface area contributed by atoms with Crippen molar-refractivity contribution in [2.24, 2.45) is 0 Å². The van der Waals surface area contributed by atoms with Crippen molar-refractivity contribution in [2.45, 2.75) is 18.8 Å². The van der Waals surface area contributed by atoms with Crippen molar-refractivity contribution >= 4 is 23.2 Å². The Morgan fingerprint density at radius 1 is 1.50 bits per heavy atom. The first kappa shape index (κ1) is 11.8. The van der Waals surface area contributed by atoms with E-state index < -0.39 is 0 Å². The molecule has 0 aliphatic carbocycles. The van der Waals surface area contributed by atoms with Gasteiger partial charge in [-0.2, -0.15) is 0 Å². The Labute approximate surface area is 93.2 Å². The van der Waals surface area contributed by atoms with Gasteiger partial charge in [-0.25, -0.2) is 4.39 Å². The summed E-state index contributed by atoms with van der Waals surface area (Å²) in [5, 5.41) is 3.33. The molecule has 1 rings (SSSR count). The third-order valence-electron chi connectivity index (χ3n) is 1.74. The first-order valence-electron chi connectivity index (χ1n) is 4.38.